The predicted octanol–water partition coefficient (Wildman–Crippen LogP) is 0.851. The molecular formula is C22H30N3O3S+. The van der Waals surface area contributed by atoms with Gasteiger partial charge in [-0.15, -0.1) is 0 Å². The zero-order valence-electron chi connectivity index (χ0n) is 17.4. The Balaban J connectivity index is 1.85. The Kier molecular flexibility index (Phi) is 6.72. The van der Waals surface area contributed by atoms with E-state index in [1.165, 1.54) is 9.21 Å². The third-order valence-electron chi connectivity index (χ3n) is 5.42. The van der Waals surface area contributed by atoms with Gasteiger partial charge in [0.15, 0.2) is 0 Å². The van der Waals surface area contributed by atoms with Gasteiger partial charge in [0.05, 0.1) is 44.7 Å². The van der Waals surface area contributed by atoms with E-state index in [1.807, 2.05) is 38.1 Å². The van der Waals surface area contributed by atoms with E-state index in [-0.39, 0.29) is 23.9 Å². The lowest BCUT2D eigenvalue weighted by Crippen LogP contribution is -3.12. The topological polar surface area (TPSA) is 62.1 Å². The summed E-state index contributed by atoms with van der Waals surface area (Å²) in [4.78, 5) is 16.3. The van der Waals surface area contributed by atoms with Crippen molar-refractivity contribution in [2.45, 2.75) is 25.3 Å². The zero-order chi connectivity index (χ0) is 21.0. The minimum atomic E-state index is -3.79. The molecule has 1 N–H and O–H groups in total. The molecule has 1 fully saturated rings. The zero-order valence-corrected chi connectivity index (χ0v) is 18.2. The van der Waals surface area contributed by atoms with Crippen LogP contribution in [0.25, 0.3) is 0 Å². The lowest BCUT2D eigenvalue weighted by atomic mass is 10.1. The molecule has 1 aliphatic rings. The van der Waals surface area contributed by atoms with E-state index in [9.17, 15) is 13.2 Å². The van der Waals surface area contributed by atoms with Crippen LogP contribution in [0, 0.1) is 13.8 Å². The largest absolute Gasteiger partial charge is 0.334 e. The van der Waals surface area contributed by atoms with Gasteiger partial charge in [0.1, 0.15) is 0 Å². The molecule has 1 heterocycles. The lowest BCUT2D eigenvalue weighted by molar-refractivity contribution is -0.883. The number of carbonyl (C=O) groups excluding carboxylic acids is 1. The number of carbonyl (C=O) groups is 1. The molecule has 3 rings (SSSR count). The summed E-state index contributed by atoms with van der Waals surface area (Å²) >= 11 is 0. The second kappa shape index (κ2) is 9.07. The Morgan fingerprint density at radius 3 is 2.03 bits per heavy atom. The summed E-state index contributed by atoms with van der Waals surface area (Å²) in [7, 11) is -1.69. The van der Waals surface area contributed by atoms with Crippen molar-refractivity contribution in [1.29, 1.82) is 0 Å². The van der Waals surface area contributed by atoms with E-state index >= 15 is 0 Å². The number of amides is 1. The molecule has 2 aromatic carbocycles. The Hall–Kier alpha value is -2.22. The molecule has 0 saturated carbocycles. The van der Waals surface area contributed by atoms with Crippen LogP contribution in [0.2, 0.25) is 0 Å². The summed E-state index contributed by atoms with van der Waals surface area (Å²) < 4.78 is 28.0. The van der Waals surface area contributed by atoms with E-state index in [0.29, 0.717) is 13.1 Å². The molecule has 7 heteroatoms. The number of nitrogens with zero attached hydrogens (tertiary/aromatic N) is 2. The maximum atomic E-state index is 13.3. The molecule has 2 aromatic rings. The molecule has 1 aliphatic heterocycles. The number of piperazine rings is 1. The second-order valence-corrected chi connectivity index (χ2v) is 9.85. The van der Waals surface area contributed by atoms with Crippen molar-refractivity contribution in [3.05, 3.63) is 65.2 Å². The fraction of sp³-hybridized carbons (Fsp3) is 0.409. The Morgan fingerprint density at radius 2 is 1.48 bits per heavy atom. The number of aryl methyl sites for hydroxylation is 2. The number of nitrogens with one attached hydrogen (secondary N) is 1. The molecule has 0 unspecified atom stereocenters. The van der Waals surface area contributed by atoms with Gasteiger partial charge in [-0.2, -0.15) is 4.31 Å². The van der Waals surface area contributed by atoms with Gasteiger partial charge in [0.2, 0.25) is 15.9 Å². The summed E-state index contributed by atoms with van der Waals surface area (Å²) in [6.07, 6.45) is 0. The van der Waals surface area contributed by atoms with Crippen molar-refractivity contribution < 1.29 is 18.1 Å². The van der Waals surface area contributed by atoms with E-state index in [4.69, 9.17) is 0 Å². The SMILES string of the molecule is Cc1ccc(CN(CC(=O)N2CC[NH+](C)CC2)S(=O)(=O)c2ccc(C)cc2)cc1. The van der Waals surface area contributed by atoms with E-state index < -0.39 is 10.0 Å². The third-order valence-corrected chi connectivity index (χ3v) is 7.23. The van der Waals surface area contributed by atoms with Gasteiger partial charge in [-0.1, -0.05) is 47.5 Å². The summed E-state index contributed by atoms with van der Waals surface area (Å²) in [6.45, 7) is 7.01. The molecule has 6 nitrogen and oxygen atoms in total. The van der Waals surface area contributed by atoms with Crippen molar-refractivity contribution in [2.24, 2.45) is 0 Å². The van der Waals surface area contributed by atoms with Crippen molar-refractivity contribution in [3.8, 4) is 0 Å². The maximum absolute atomic E-state index is 13.3. The van der Waals surface area contributed by atoms with E-state index in [1.54, 1.807) is 29.2 Å². The smallest absolute Gasteiger partial charge is 0.243 e. The molecule has 0 spiro atoms. The van der Waals surface area contributed by atoms with Gasteiger partial charge in [-0.25, -0.2) is 8.42 Å². The summed E-state index contributed by atoms with van der Waals surface area (Å²) in [5, 5.41) is 0. The number of quaternary nitrogens is 1. The van der Waals surface area contributed by atoms with Gasteiger partial charge in [-0.05, 0) is 31.5 Å². The Bertz CT molecular complexity index is 932. The first-order chi connectivity index (χ1) is 13.8. The highest BCUT2D eigenvalue weighted by molar-refractivity contribution is 7.89. The monoisotopic (exact) mass is 416 g/mol. The van der Waals surface area contributed by atoms with Crippen molar-refractivity contribution in [1.82, 2.24) is 9.21 Å². The van der Waals surface area contributed by atoms with Gasteiger partial charge < -0.3 is 9.80 Å². The first kappa shape index (κ1) is 21.5. The molecule has 0 bridgehead atoms. The highest BCUT2D eigenvalue weighted by Crippen LogP contribution is 2.19. The minimum Gasteiger partial charge on any atom is -0.334 e. The Morgan fingerprint density at radius 1 is 0.966 bits per heavy atom. The average Bonchev–Trinajstić information content (AvgIpc) is 2.70. The fourth-order valence-electron chi connectivity index (χ4n) is 3.37. The van der Waals surface area contributed by atoms with Crippen LogP contribution in [0.5, 0.6) is 0 Å². The molecule has 0 aromatic heterocycles. The molecule has 1 saturated heterocycles. The highest BCUT2D eigenvalue weighted by Gasteiger charge is 2.30. The predicted molar refractivity (Wildman–Crippen MR) is 113 cm³/mol. The number of hydrogen-bond donors (Lipinski definition) is 1. The normalized spacial score (nSPS) is 15.7. The maximum Gasteiger partial charge on any atom is 0.243 e. The number of rotatable bonds is 6. The molecule has 0 aliphatic carbocycles. The first-order valence-electron chi connectivity index (χ1n) is 9.97. The number of benzene rings is 2. The number of sulfonamides is 1. The highest BCUT2D eigenvalue weighted by atomic mass is 32.2. The molecule has 156 valence electrons. The van der Waals surface area contributed by atoms with Gasteiger partial charge in [0.25, 0.3) is 0 Å². The fourth-order valence-corrected chi connectivity index (χ4v) is 4.75. The minimum absolute atomic E-state index is 0.139. The second-order valence-electron chi connectivity index (χ2n) is 7.91. The van der Waals surface area contributed by atoms with Gasteiger partial charge in [0, 0.05) is 6.54 Å². The van der Waals surface area contributed by atoms with E-state index in [0.717, 1.165) is 29.8 Å². The standard InChI is InChI=1S/C22H29N3O3S/c1-18-4-8-20(9-5-18)16-25(17-22(26)24-14-12-23(3)13-15-24)29(27,28)21-10-6-19(2)7-11-21/h4-11H,12-17H2,1-3H3/p+1. The molecule has 29 heavy (non-hydrogen) atoms. The molecule has 0 radical (unpaired) electrons. The van der Waals surface area contributed by atoms with Crippen LogP contribution in [-0.2, 0) is 21.4 Å². The van der Waals surface area contributed by atoms with Crippen LogP contribution in [0.4, 0.5) is 0 Å². The Labute approximate surface area is 173 Å². The number of hydrogen-bond acceptors (Lipinski definition) is 3. The lowest BCUT2D eigenvalue weighted by Gasteiger charge is -2.32. The van der Waals surface area contributed by atoms with E-state index in [2.05, 4.69) is 7.05 Å². The van der Waals surface area contributed by atoms with Crippen molar-refractivity contribution in [3.63, 3.8) is 0 Å². The summed E-state index contributed by atoms with van der Waals surface area (Å²) in [5.41, 5.74) is 2.96. The molecule has 1 amide bonds. The summed E-state index contributed by atoms with van der Waals surface area (Å²) in [6, 6.07) is 14.5. The molecular weight excluding hydrogens is 386 g/mol. The van der Waals surface area contributed by atoms with Crippen molar-refractivity contribution >= 4 is 15.9 Å². The van der Waals surface area contributed by atoms with Crippen LogP contribution in [0.1, 0.15) is 16.7 Å². The molecule has 0 atom stereocenters. The van der Waals surface area contributed by atoms with Crippen LogP contribution in [-0.4, -0.2) is 63.3 Å². The van der Waals surface area contributed by atoms with Crippen LogP contribution >= 0.6 is 0 Å². The van der Waals surface area contributed by atoms with Crippen LogP contribution < -0.4 is 4.90 Å². The van der Waals surface area contributed by atoms with Gasteiger partial charge >= 0.3 is 0 Å². The summed E-state index contributed by atoms with van der Waals surface area (Å²) in [5.74, 6) is -0.139. The van der Waals surface area contributed by atoms with Gasteiger partial charge in [-0.3, -0.25) is 4.79 Å². The third kappa shape index (κ3) is 5.44. The first-order valence-corrected chi connectivity index (χ1v) is 11.4. The van der Waals surface area contributed by atoms with Crippen LogP contribution in [0.3, 0.4) is 0 Å². The quantitative estimate of drug-likeness (QED) is 0.760. The average molecular weight is 417 g/mol. The van der Waals surface area contributed by atoms with Crippen LogP contribution in [0.15, 0.2) is 53.4 Å². The van der Waals surface area contributed by atoms with Crippen molar-refractivity contribution in [2.75, 3.05) is 39.8 Å². The number of likely N-dealkylation sites (N-methyl/N-ethyl adjacent to an activating group) is 1.